The summed E-state index contributed by atoms with van der Waals surface area (Å²) in [6, 6.07) is 0.119. The number of hydrogen-bond acceptors (Lipinski definition) is 4. The second kappa shape index (κ2) is 7.99. The standard InChI is InChI=1S/C13H24N2O4/c1-4-18-13(17)15-7-5-11(6-8-15)14-12(16)9-19-10(2)3/h10-11H,4-9H2,1-3H3,(H,14,16). The van der Waals surface area contributed by atoms with Crippen molar-refractivity contribution in [2.45, 2.75) is 45.8 Å². The van der Waals surface area contributed by atoms with E-state index in [9.17, 15) is 9.59 Å². The van der Waals surface area contributed by atoms with E-state index < -0.39 is 0 Å². The number of likely N-dealkylation sites (tertiary alicyclic amines) is 1. The zero-order chi connectivity index (χ0) is 14.3. The molecule has 2 amide bonds. The molecule has 1 aliphatic heterocycles. The Kier molecular flexibility index (Phi) is 6.62. The molecule has 19 heavy (non-hydrogen) atoms. The normalized spacial score (nSPS) is 16.5. The molecule has 1 N–H and O–H groups in total. The molecule has 0 aliphatic carbocycles. The highest BCUT2D eigenvalue weighted by Gasteiger charge is 2.24. The predicted molar refractivity (Wildman–Crippen MR) is 70.8 cm³/mol. The Morgan fingerprint density at radius 3 is 2.47 bits per heavy atom. The first kappa shape index (κ1) is 15.8. The van der Waals surface area contributed by atoms with Crippen LogP contribution in [0, 0.1) is 0 Å². The van der Waals surface area contributed by atoms with Crippen LogP contribution < -0.4 is 5.32 Å². The maximum Gasteiger partial charge on any atom is 0.409 e. The van der Waals surface area contributed by atoms with Gasteiger partial charge in [-0.15, -0.1) is 0 Å². The molecule has 1 saturated heterocycles. The van der Waals surface area contributed by atoms with Crippen LogP contribution in [0.1, 0.15) is 33.6 Å². The molecule has 1 fully saturated rings. The lowest BCUT2D eigenvalue weighted by atomic mass is 10.1. The Hall–Kier alpha value is -1.30. The van der Waals surface area contributed by atoms with Gasteiger partial charge in [-0.2, -0.15) is 0 Å². The number of carbonyl (C=O) groups is 2. The number of hydrogen-bond donors (Lipinski definition) is 1. The summed E-state index contributed by atoms with van der Waals surface area (Å²) < 4.78 is 10.2. The Bertz CT molecular complexity index is 299. The van der Waals surface area contributed by atoms with E-state index in [4.69, 9.17) is 9.47 Å². The van der Waals surface area contributed by atoms with E-state index in [1.54, 1.807) is 11.8 Å². The molecule has 0 spiro atoms. The third-order valence-electron chi connectivity index (χ3n) is 2.93. The van der Waals surface area contributed by atoms with Gasteiger partial charge >= 0.3 is 6.09 Å². The van der Waals surface area contributed by atoms with Crippen LogP contribution >= 0.6 is 0 Å². The number of amides is 2. The first-order valence-corrected chi connectivity index (χ1v) is 6.85. The van der Waals surface area contributed by atoms with Crippen LogP contribution in [0.15, 0.2) is 0 Å². The number of nitrogens with one attached hydrogen (secondary N) is 1. The van der Waals surface area contributed by atoms with Crippen molar-refractivity contribution < 1.29 is 19.1 Å². The fourth-order valence-corrected chi connectivity index (χ4v) is 1.93. The second-order valence-electron chi connectivity index (χ2n) is 4.89. The Morgan fingerprint density at radius 2 is 1.95 bits per heavy atom. The molecule has 0 radical (unpaired) electrons. The molecule has 0 bridgehead atoms. The number of carbonyl (C=O) groups excluding carboxylic acids is 2. The minimum Gasteiger partial charge on any atom is -0.450 e. The molecule has 0 atom stereocenters. The predicted octanol–water partition coefficient (Wildman–Crippen LogP) is 1.15. The summed E-state index contributed by atoms with van der Waals surface area (Å²) in [4.78, 5) is 24.8. The van der Waals surface area contributed by atoms with E-state index in [-0.39, 0.29) is 30.8 Å². The quantitative estimate of drug-likeness (QED) is 0.815. The van der Waals surface area contributed by atoms with Crippen LogP contribution in [0.2, 0.25) is 0 Å². The third-order valence-corrected chi connectivity index (χ3v) is 2.93. The van der Waals surface area contributed by atoms with E-state index in [1.165, 1.54) is 0 Å². The lowest BCUT2D eigenvalue weighted by Gasteiger charge is -2.31. The van der Waals surface area contributed by atoms with Crippen molar-refractivity contribution >= 4 is 12.0 Å². The fraction of sp³-hybridized carbons (Fsp3) is 0.846. The molecule has 110 valence electrons. The highest BCUT2D eigenvalue weighted by molar-refractivity contribution is 5.77. The maximum atomic E-state index is 11.6. The molecular weight excluding hydrogens is 248 g/mol. The van der Waals surface area contributed by atoms with E-state index in [0.29, 0.717) is 19.7 Å². The van der Waals surface area contributed by atoms with Crippen LogP contribution in [0.25, 0.3) is 0 Å². The first-order chi connectivity index (χ1) is 9.02. The molecule has 0 saturated carbocycles. The van der Waals surface area contributed by atoms with Crippen LogP contribution in [0.4, 0.5) is 4.79 Å². The van der Waals surface area contributed by atoms with Crippen molar-refractivity contribution in [3.8, 4) is 0 Å². The third kappa shape index (κ3) is 5.92. The monoisotopic (exact) mass is 272 g/mol. The maximum absolute atomic E-state index is 11.6. The van der Waals surface area contributed by atoms with Crippen molar-refractivity contribution in [1.29, 1.82) is 0 Å². The molecule has 6 nitrogen and oxygen atoms in total. The average Bonchev–Trinajstić information content (AvgIpc) is 2.37. The number of rotatable bonds is 5. The van der Waals surface area contributed by atoms with Gasteiger partial charge in [0.1, 0.15) is 6.61 Å². The van der Waals surface area contributed by atoms with E-state index in [2.05, 4.69) is 5.32 Å². The van der Waals surface area contributed by atoms with Gasteiger partial charge in [0.2, 0.25) is 5.91 Å². The molecule has 6 heteroatoms. The summed E-state index contributed by atoms with van der Waals surface area (Å²) >= 11 is 0. The molecular formula is C13H24N2O4. The van der Waals surface area contributed by atoms with Gasteiger partial charge in [0.15, 0.2) is 0 Å². The summed E-state index contributed by atoms with van der Waals surface area (Å²) in [5, 5.41) is 2.92. The van der Waals surface area contributed by atoms with E-state index in [1.807, 2.05) is 13.8 Å². The van der Waals surface area contributed by atoms with Gasteiger partial charge in [-0.1, -0.05) is 0 Å². The highest BCUT2D eigenvalue weighted by atomic mass is 16.6. The molecule has 1 heterocycles. The summed E-state index contributed by atoms with van der Waals surface area (Å²) in [6.45, 7) is 7.30. The van der Waals surface area contributed by atoms with E-state index in [0.717, 1.165) is 12.8 Å². The topological polar surface area (TPSA) is 67.9 Å². The summed E-state index contributed by atoms with van der Waals surface area (Å²) in [6.07, 6.45) is 1.30. The molecule has 0 unspecified atom stereocenters. The smallest absolute Gasteiger partial charge is 0.409 e. The second-order valence-corrected chi connectivity index (χ2v) is 4.89. The van der Waals surface area contributed by atoms with Gasteiger partial charge < -0.3 is 19.7 Å². The first-order valence-electron chi connectivity index (χ1n) is 6.85. The largest absolute Gasteiger partial charge is 0.450 e. The lowest BCUT2D eigenvalue weighted by molar-refractivity contribution is -0.128. The Labute approximate surface area is 114 Å². The highest BCUT2D eigenvalue weighted by Crippen LogP contribution is 2.11. The van der Waals surface area contributed by atoms with Gasteiger partial charge in [-0.05, 0) is 33.6 Å². The summed E-state index contributed by atoms with van der Waals surface area (Å²) in [5.74, 6) is -0.0942. The number of nitrogens with zero attached hydrogens (tertiary/aromatic N) is 1. The summed E-state index contributed by atoms with van der Waals surface area (Å²) in [7, 11) is 0. The minimum atomic E-state index is -0.268. The van der Waals surface area contributed by atoms with Crippen LogP contribution in [-0.4, -0.2) is 55.3 Å². The summed E-state index contributed by atoms with van der Waals surface area (Å²) in [5.41, 5.74) is 0. The van der Waals surface area contributed by atoms with Crippen molar-refractivity contribution in [2.75, 3.05) is 26.3 Å². The van der Waals surface area contributed by atoms with Crippen LogP contribution in [0.3, 0.4) is 0 Å². The van der Waals surface area contributed by atoms with Gasteiger partial charge in [0, 0.05) is 19.1 Å². The Balaban J connectivity index is 2.22. The van der Waals surface area contributed by atoms with E-state index >= 15 is 0 Å². The molecule has 0 aromatic heterocycles. The van der Waals surface area contributed by atoms with Crippen molar-refractivity contribution in [1.82, 2.24) is 10.2 Å². The van der Waals surface area contributed by atoms with Crippen molar-refractivity contribution in [3.63, 3.8) is 0 Å². The zero-order valence-electron chi connectivity index (χ0n) is 12.0. The Morgan fingerprint density at radius 1 is 1.32 bits per heavy atom. The van der Waals surface area contributed by atoms with Gasteiger partial charge in [-0.3, -0.25) is 4.79 Å². The molecule has 0 aromatic carbocycles. The SMILES string of the molecule is CCOC(=O)N1CCC(NC(=O)COC(C)C)CC1. The fourth-order valence-electron chi connectivity index (χ4n) is 1.93. The average molecular weight is 272 g/mol. The zero-order valence-corrected chi connectivity index (χ0v) is 12.0. The molecule has 1 rings (SSSR count). The lowest BCUT2D eigenvalue weighted by Crippen LogP contribution is -2.47. The minimum absolute atomic E-state index is 0.0522. The van der Waals surface area contributed by atoms with Gasteiger partial charge in [-0.25, -0.2) is 4.79 Å². The van der Waals surface area contributed by atoms with Crippen LogP contribution in [-0.2, 0) is 14.3 Å². The molecule has 1 aliphatic rings. The van der Waals surface area contributed by atoms with Crippen molar-refractivity contribution in [2.24, 2.45) is 0 Å². The van der Waals surface area contributed by atoms with Gasteiger partial charge in [0.25, 0.3) is 0 Å². The number of ether oxygens (including phenoxy) is 2. The molecule has 0 aromatic rings. The van der Waals surface area contributed by atoms with Crippen LogP contribution in [0.5, 0.6) is 0 Å². The van der Waals surface area contributed by atoms with Gasteiger partial charge in [0.05, 0.1) is 12.7 Å². The number of piperidine rings is 1. The van der Waals surface area contributed by atoms with Crippen molar-refractivity contribution in [3.05, 3.63) is 0 Å².